The summed E-state index contributed by atoms with van der Waals surface area (Å²) < 4.78 is 34.0. The Kier molecular flexibility index (Phi) is 5.30. The van der Waals surface area contributed by atoms with Gasteiger partial charge in [-0.1, -0.05) is 30.3 Å². The molecule has 6 nitrogen and oxygen atoms in total. The van der Waals surface area contributed by atoms with Gasteiger partial charge in [0.2, 0.25) is 5.91 Å². The number of ether oxygens (including phenoxy) is 1. The highest BCUT2D eigenvalue weighted by molar-refractivity contribution is 7.91. The molecular formula is C20H24N2O4S2. The van der Waals surface area contributed by atoms with E-state index in [1.54, 1.807) is 22.4 Å². The molecule has 8 heteroatoms. The topological polar surface area (TPSA) is 66.9 Å². The minimum atomic E-state index is -3.75. The van der Waals surface area contributed by atoms with E-state index in [0.29, 0.717) is 19.5 Å². The van der Waals surface area contributed by atoms with E-state index in [1.807, 2.05) is 38.1 Å². The van der Waals surface area contributed by atoms with Crippen molar-refractivity contribution in [3.05, 3.63) is 52.9 Å². The fraction of sp³-hybridized carbons (Fsp3) is 0.450. The third-order valence-electron chi connectivity index (χ3n) is 5.28. The highest BCUT2D eigenvalue weighted by Crippen LogP contribution is 2.32. The van der Waals surface area contributed by atoms with Crippen molar-refractivity contribution in [1.29, 1.82) is 0 Å². The van der Waals surface area contributed by atoms with Crippen molar-refractivity contribution in [2.75, 3.05) is 13.1 Å². The van der Waals surface area contributed by atoms with Crippen LogP contribution < -0.4 is 0 Å². The van der Waals surface area contributed by atoms with Gasteiger partial charge < -0.3 is 9.64 Å². The summed E-state index contributed by atoms with van der Waals surface area (Å²) in [4.78, 5) is 15.2. The lowest BCUT2D eigenvalue weighted by Gasteiger charge is -2.41. The number of carbonyl (C=O) groups is 1. The standard InChI is InChI=1S/C20H24N2O4S2/c1-14-11-21(12-15(2)26-14)20(23)18-10-16-6-3-4-7-17(16)13-22(18)28(24,25)19-8-5-9-27-19/h3-9,14-15,18H,10-13H2,1-2H3/t14-,15-,18-/m0/s1. The molecule has 1 fully saturated rings. The fourth-order valence-corrected chi connectivity index (χ4v) is 6.74. The molecule has 2 aliphatic heterocycles. The molecule has 0 aliphatic carbocycles. The fourth-order valence-electron chi connectivity index (χ4n) is 4.06. The van der Waals surface area contributed by atoms with Crippen molar-refractivity contribution in [1.82, 2.24) is 9.21 Å². The molecule has 4 rings (SSSR count). The van der Waals surface area contributed by atoms with Crippen LogP contribution in [-0.4, -0.2) is 54.9 Å². The molecule has 3 atom stereocenters. The summed E-state index contributed by atoms with van der Waals surface area (Å²) in [5.41, 5.74) is 1.99. The number of carbonyl (C=O) groups excluding carboxylic acids is 1. The molecule has 2 aromatic rings. The van der Waals surface area contributed by atoms with E-state index in [4.69, 9.17) is 4.74 Å². The van der Waals surface area contributed by atoms with Crippen molar-refractivity contribution in [3.63, 3.8) is 0 Å². The normalized spacial score (nSPS) is 26.1. The van der Waals surface area contributed by atoms with Crippen molar-refractivity contribution >= 4 is 27.3 Å². The number of amides is 1. The van der Waals surface area contributed by atoms with Crippen LogP contribution >= 0.6 is 11.3 Å². The van der Waals surface area contributed by atoms with Crippen LogP contribution in [0.3, 0.4) is 0 Å². The van der Waals surface area contributed by atoms with Gasteiger partial charge in [-0.3, -0.25) is 4.79 Å². The summed E-state index contributed by atoms with van der Waals surface area (Å²) in [5, 5.41) is 1.74. The second-order valence-corrected chi connectivity index (χ2v) is 10.5. The summed E-state index contributed by atoms with van der Waals surface area (Å²) >= 11 is 1.18. The average Bonchev–Trinajstić information content (AvgIpc) is 3.21. The van der Waals surface area contributed by atoms with Crippen LogP contribution in [0.25, 0.3) is 0 Å². The first-order valence-corrected chi connectivity index (χ1v) is 11.7. The second-order valence-electron chi connectivity index (χ2n) is 7.47. The predicted molar refractivity (Wildman–Crippen MR) is 108 cm³/mol. The molecular weight excluding hydrogens is 396 g/mol. The van der Waals surface area contributed by atoms with Gasteiger partial charge >= 0.3 is 0 Å². The number of sulfonamides is 1. The van der Waals surface area contributed by atoms with E-state index >= 15 is 0 Å². The smallest absolute Gasteiger partial charge is 0.253 e. The lowest BCUT2D eigenvalue weighted by atomic mass is 9.95. The summed E-state index contributed by atoms with van der Waals surface area (Å²) in [6.45, 7) is 5.04. The highest BCUT2D eigenvalue weighted by Gasteiger charge is 2.42. The molecule has 3 heterocycles. The SMILES string of the molecule is C[C@H]1CN(C(=O)[C@@H]2Cc3ccccc3CN2S(=O)(=O)c2cccs2)C[C@H](C)O1. The molecule has 0 N–H and O–H groups in total. The number of morpholine rings is 1. The van der Waals surface area contributed by atoms with Gasteiger partial charge in [-0.05, 0) is 42.8 Å². The third kappa shape index (κ3) is 3.61. The minimum Gasteiger partial charge on any atom is -0.372 e. The number of fused-ring (bicyclic) bond motifs is 1. The molecule has 2 aliphatic rings. The summed E-state index contributed by atoms with van der Waals surface area (Å²) in [7, 11) is -3.75. The van der Waals surface area contributed by atoms with Gasteiger partial charge in [0.05, 0.1) is 12.2 Å². The van der Waals surface area contributed by atoms with Crippen molar-refractivity contribution in [3.8, 4) is 0 Å². The molecule has 1 saturated heterocycles. The molecule has 1 amide bonds. The Morgan fingerprint density at radius 2 is 1.75 bits per heavy atom. The van der Waals surface area contributed by atoms with Crippen LogP contribution in [0.5, 0.6) is 0 Å². The van der Waals surface area contributed by atoms with E-state index in [2.05, 4.69) is 0 Å². The summed E-state index contributed by atoms with van der Waals surface area (Å²) in [5.74, 6) is -0.142. The molecule has 150 valence electrons. The van der Waals surface area contributed by atoms with Crippen LogP contribution in [0, 0.1) is 0 Å². The van der Waals surface area contributed by atoms with Crippen LogP contribution in [0.4, 0.5) is 0 Å². The van der Waals surface area contributed by atoms with Crippen LogP contribution in [0.2, 0.25) is 0 Å². The summed E-state index contributed by atoms with van der Waals surface area (Å²) in [6, 6.07) is 10.3. The van der Waals surface area contributed by atoms with E-state index in [1.165, 1.54) is 15.6 Å². The van der Waals surface area contributed by atoms with Crippen molar-refractivity contribution in [2.24, 2.45) is 0 Å². The first-order chi connectivity index (χ1) is 13.4. The number of thiophene rings is 1. The van der Waals surface area contributed by atoms with Gasteiger partial charge in [-0.25, -0.2) is 8.42 Å². The highest BCUT2D eigenvalue weighted by atomic mass is 32.2. The van der Waals surface area contributed by atoms with E-state index in [-0.39, 0.29) is 28.9 Å². The second kappa shape index (κ2) is 7.59. The molecule has 0 radical (unpaired) electrons. The number of rotatable bonds is 3. The van der Waals surface area contributed by atoms with Gasteiger partial charge in [-0.15, -0.1) is 11.3 Å². The third-order valence-corrected chi connectivity index (χ3v) is 8.51. The monoisotopic (exact) mass is 420 g/mol. The number of benzene rings is 1. The summed E-state index contributed by atoms with van der Waals surface area (Å²) in [6.07, 6.45) is 0.261. The van der Waals surface area contributed by atoms with Crippen molar-refractivity contribution < 1.29 is 17.9 Å². The van der Waals surface area contributed by atoms with Crippen LogP contribution in [-0.2, 0) is 32.5 Å². The minimum absolute atomic E-state index is 0.0640. The zero-order valence-corrected chi connectivity index (χ0v) is 17.6. The van der Waals surface area contributed by atoms with Gasteiger partial charge in [-0.2, -0.15) is 4.31 Å². The Bertz CT molecular complexity index is 948. The van der Waals surface area contributed by atoms with Gasteiger partial charge in [0.25, 0.3) is 10.0 Å². The Balaban J connectivity index is 1.71. The lowest BCUT2D eigenvalue weighted by Crippen LogP contribution is -2.57. The quantitative estimate of drug-likeness (QED) is 0.765. The lowest BCUT2D eigenvalue weighted by molar-refractivity contribution is -0.147. The maximum atomic E-state index is 13.4. The van der Waals surface area contributed by atoms with Crippen LogP contribution in [0.1, 0.15) is 25.0 Å². The Morgan fingerprint density at radius 3 is 2.39 bits per heavy atom. The zero-order valence-electron chi connectivity index (χ0n) is 15.9. The average molecular weight is 421 g/mol. The Labute approximate surface area is 169 Å². The molecule has 0 unspecified atom stereocenters. The van der Waals surface area contributed by atoms with E-state index in [0.717, 1.165) is 11.1 Å². The Morgan fingerprint density at radius 1 is 1.07 bits per heavy atom. The molecule has 0 spiro atoms. The Hall–Kier alpha value is -1.74. The molecule has 1 aromatic heterocycles. The molecule has 0 saturated carbocycles. The van der Waals surface area contributed by atoms with Gasteiger partial charge in [0.1, 0.15) is 10.3 Å². The first kappa shape index (κ1) is 19.6. The van der Waals surface area contributed by atoms with Gasteiger partial charge in [0, 0.05) is 19.6 Å². The zero-order chi connectivity index (χ0) is 19.9. The number of hydrogen-bond acceptors (Lipinski definition) is 5. The van der Waals surface area contributed by atoms with Crippen LogP contribution in [0.15, 0.2) is 46.0 Å². The predicted octanol–water partition coefficient (Wildman–Crippen LogP) is 2.50. The maximum Gasteiger partial charge on any atom is 0.253 e. The molecule has 1 aromatic carbocycles. The number of nitrogens with zero attached hydrogens (tertiary/aromatic N) is 2. The van der Waals surface area contributed by atoms with E-state index in [9.17, 15) is 13.2 Å². The first-order valence-electron chi connectivity index (χ1n) is 9.42. The number of hydrogen-bond donors (Lipinski definition) is 0. The molecule has 28 heavy (non-hydrogen) atoms. The maximum absolute atomic E-state index is 13.4. The largest absolute Gasteiger partial charge is 0.372 e. The van der Waals surface area contributed by atoms with Gasteiger partial charge in [0.15, 0.2) is 0 Å². The molecule has 0 bridgehead atoms. The van der Waals surface area contributed by atoms with E-state index < -0.39 is 16.1 Å². The van der Waals surface area contributed by atoms with Crippen molar-refractivity contribution in [2.45, 2.75) is 49.3 Å².